The first-order chi connectivity index (χ1) is 4.77. The first-order valence-electron chi connectivity index (χ1n) is 4.14. The lowest BCUT2D eigenvalue weighted by atomic mass is 9.99. The summed E-state index contributed by atoms with van der Waals surface area (Å²) in [6.07, 6.45) is 2.80. The van der Waals surface area contributed by atoms with E-state index in [-0.39, 0.29) is 0 Å². The lowest BCUT2D eigenvalue weighted by Gasteiger charge is -2.26. The molecule has 0 aromatic rings. The number of likely N-dealkylation sites (tertiary alicyclic amines) is 1. The molecule has 1 heteroatoms. The van der Waals surface area contributed by atoms with E-state index in [2.05, 4.69) is 18.9 Å². The monoisotopic (exact) mass is 137 g/mol. The standard InChI is InChI=1S/C9H15N/c1-7-8-3-4-9(7)6-10(2)5-8/h8H,3-6H2,1-2H3. The Labute approximate surface area is 62.7 Å². The van der Waals surface area contributed by atoms with Gasteiger partial charge in [0, 0.05) is 13.1 Å². The van der Waals surface area contributed by atoms with Crippen LogP contribution in [0.25, 0.3) is 0 Å². The smallest absolute Gasteiger partial charge is 0.0192 e. The molecule has 1 nitrogen and oxygen atoms in total. The van der Waals surface area contributed by atoms with Crippen molar-refractivity contribution >= 4 is 0 Å². The molecule has 0 saturated heterocycles. The topological polar surface area (TPSA) is 3.24 Å². The summed E-state index contributed by atoms with van der Waals surface area (Å²) < 4.78 is 0. The van der Waals surface area contributed by atoms with Crippen molar-refractivity contribution in [1.82, 2.24) is 4.90 Å². The molecule has 0 spiro atoms. The van der Waals surface area contributed by atoms with Gasteiger partial charge in [-0.1, -0.05) is 11.1 Å². The molecular weight excluding hydrogens is 122 g/mol. The van der Waals surface area contributed by atoms with Gasteiger partial charge in [0.2, 0.25) is 0 Å². The van der Waals surface area contributed by atoms with Crippen LogP contribution in [0.15, 0.2) is 11.1 Å². The van der Waals surface area contributed by atoms with E-state index < -0.39 is 0 Å². The third-order valence-corrected chi connectivity index (χ3v) is 2.96. The van der Waals surface area contributed by atoms with Gasteiger partial charge < -0.3 is 4.90 Å². The lowest BCUT2D eigenvalue weighted by molar-refractivity contribution is 0.313. The van der Waals surface area contributed by atoms with Crippen molar-refractivity contribution in [2.24, 2.45) is 5.92 Å². The van der Waals surface area contributed by atoms with E-state index in [0.29, 0.717) is 0 Å². The van der Waals surface area contributed by atoms with Crippen LogP contribution < -0.4 is 0 Å². The zero-order valence-corrected chi connectivity index (χ0v) is 6.85. The third kappa shape index (κ3) is 0.807. The molecule has 2 rings (SSSR count). The first kappa shape index (κ1) is 6.41. The van der Waals surface area contributed by atoms with E-state index in [4.69, 9.17) is 0 Å². The third-order valence-electron chi connectivity index (χ3n) is 2.96. The maximum atomic E-state index is 2.44. The molecule has 0 radical (unpaired) electrons. The summed E-state index contributed by atoms with van der Waals surface area (Å²) in [5.74, 6) is 0.911. The lowest BCUT2D eigenvalue weighted by Crippen LogP contribution is -2.29. The van der Waals surface area contributed by atoms with Gasteiger partial charge in [-0.3, -0.25) is 0 Å². The van der Waals surface area contributed by atoms with Crippen molar-refractivity contribution in [2.75, 3.05) is 20.1 Å². The van der Waals surface area contributed by atoms with E-state index in [1.165, 1.54) is 25.9 Å². The fourth-order valence-electron chi connectivity index (χ4n) is 2.25. The average molecular weight is 137 g/mol. The van der Waals surface area contributed by atoms with Gasteiger partial charge in [0.1, 0.15) is 0 Å². The van der Waals surface area contributed by atoms with Crippen LogP contribution in [0, 0.1) is 5.92 Å². The average Bonchev–Trinajstić information content (AvgIpc) is 2.20. The van der Waals surface area contributed by atoms with Crippen LogP contribution in [0.2, 0.25) is 0 Å². The van der Waals surface area contributed by atoms with Crippen LogP contribution in [0.1, 0.15) is 19.8 Å². The summed E-state index contributed by atoms with van der Waals surface area (Å²) in [4.78, 5) is 2.44. The predicted octanol–water partition coefficient (Wildman–Crippen LogP) is 1.66. The first-order valence-corrected chi connectivity index (χ1v) is 4.14. The van der Waals surface area contributed by atoms with E-state index in [9.17, 15) is 0 Å². The number of hydrogen-bond donors (Lipinski definition) is 0. The van der Waals surface area contributed by atoms with Crippen LogP contribution in [0.3, 0.4) is 0 Å². The highest BCUT2D eigenvalue weighted by Gasteiger charge is 2.28. The summed E-state index contributed by atoms with van der Waals surface area (Å²) in [5.41, 5.74) is 3.43. The molecule has 56 valence electrons. The number of hydrogen-bond acceptors (Lipinski definition) is 1. The Hall–Kier alpha value is -0.300. The molecule has 1 unspecified atom stereocenters. The minimum Gasteiger partial charge on any atom is -0.302 e. The Kier molecular flexibility index (Phi) is 1.34. The molecule has 0 aromatic carbocycles. The van der Waals surface area contributed by atoms with E-state index in [1.807, 2.05) is 0 Å². The molecule has 1 aliphatic heterocycles. The zero-order chi connectivity index (χ0) is 7.14. The van der Waals surface area contributed by atoms with Gasteiger partial charge in [-0.05, 0) is 32.7 Å². The highest BCUT2D eigenvalue weighted by atomic mass is 15.1. The second-order valence-corrected chi connectivity index (χ2v) is 3.72. The van der Waals surface area contributed by atoms with Gasteiger partial charge in [0.05, 0.1) is 0 Å². The Morgan fingerprint density at radius 1 is 1.50 bits per heavy atom. The summed E-state index contributed by atoms with van der Waals surface area (Å²) in [6, 6.07) is 0. The molecule has 0 N–H and O–H groups in total. The van der Waals surface area contributed by atoms with E-state index in [0.717, 1.165) is 5.92 Å². The van der Waals surface area contributed by atoms with E-state index >= 15 is 0 Å². The quantitative estimate of drug-likeness (QED) is 0.459. The molecular formula is C9H15N. The number of nitrogens with zero attached hydrogens (tertiary/aromatic N) is 1. The maximum absolute atomic E-state index is 2.44. The molecule has 1 aliphatic carbocycles. The normalized spacial score (nSPS) is 33.6. The van der Waals surface area contributed by atoms with Gasteiger partial charge in [0.15, 0.2) is 0 Å². The molecule has 10 heavy (non-hydrogen) atoms. The zero-order valence-electron chi connectivity index (χ0n) is 6.85. The Morgan fingerprint density at radius 2 is 2.30 bits per heavy atom. The van der Waals surface area contributed by atoms with Crippen molar-refractivity contribution in [3.05, 3.63) is 11.1 Å². The number of rotatable bonds is 0. The summed E-state index contributed by atoms with van der Waals surface area (Å²) in [5, 5.41) is 0. The van der Waals surface area contributed by atoms with Crippen molar-refractivity contribution < 1.29 is 0 Å². The minimum atomic E-state index is 0.911. The van der Waals surface area contributed by atoms with Gasteiger partial charge in [-0.25, -0.2) is 0 Å². The highest BCUT2D eigenvalue weighted by Crippen LogP contribution is 2.35. The van der Waals surface area contributed by atoms with Crippen molar-refractivity contribution in [3.8, 4) is 0 Å². The number of likely N-dealkylation sites (N-methyl/N-ethyl adjacent to an activating group) is 1. The molecule has 2 bridgehead atoms. The Balaban J connectivity index is 2.25. The highest BCUT2D eigenvalue weighted by molar-refractivity contribution is 5.25. The van der Waals surface area contributed by atoms with Crippen molar-refractivity contribution in [3.63, 3.8) is 0 Å². The molecule has 0 amide bonds. The second kappa shape index (κ2) is 2.09. The van der Waals surface area contributed by atoms with Crippen LogP contribution in [0.4, 0.5) is 0 Å². The molecule has 2 aliphatic rings. The van der Waals surface area contributed by atoms with Crippen LogP contribution in [-0.2, 0) is 0 Å². The largest absolute Gasteiger partial charge is 0.302 e. The SMILES string of the molecule is CC1=C2CCC1CN(C)C2. The summed E-state index contributed by atoms with van der Waals surface area (Å²) >= 11 is 0. The predicted molar refractivity (Wildman–Crippen MR) is 42.9 cm³/mol. The van der Waals surface area contributed by atoms with Gasteiger partial charge in [-0.15, -0.1) is 0 Å². The molecule has 0 saturated carbocycles. The van der Waals surface area contributed by atoms with Gasteiger partial charge >= 0.3 is 0 Å². The van der Waals surface area contributed by atoms with Crippen molar-refractivity contribution in [1.29, 1.82) is 0 Å². The number of fused-ring (bicyclic) bond motifs is 1. The molecule has 1 atom stereocenters. The van der Waals surface area contributed by atoms with E-state index in [1.54, 1.807) is 11.1 Å². The van der Waals surface area contributed by atoms with Gasteiger partial charge in [-0.2, -0.15) is 0 Å². The Morgan fingerprint density at radius 3 is 3.00 bits per heavy atom. The summed E-state index contributed by atoms with van der Waals surface area (Å²) in [6.45, 7) is 4.86. The van der Waals surface area contributed by atoms with Crippen molar-refractivity contribution in [2.45, 2.75) is 19.8 Å². The molecule has 1 heterocycles. The fraction of sp³-hybridized carbons (Fsp3) is 0.778. The summed E-state index contributed by atoms with van der Waals surface area (Å²) in [7, 11) is 2.23. The second-order valence-electron chi connectivity index (χ2n) is 3.72. The minimum absolute atomic E-state index is 0.911. The molecule has 0 fully saturated rings. The fourth-order valence-corrected chi connectivity index (χ4v) is 2.25. The van der Waals surface area contributed by atoms with Gasteiger partial charge in [0.25, 0.3) is 0 Å². The van der Waals surface area contributed by atoms with Crippen LogP contribution in [0.5, 0.6) is 0 Å². The molecule has 0 aromatic heterocycles. The van der Waals surface area contributed by atoms with Crippen LogP contribution >= 0.6 is 0 Å². The maximum Gasteiger partial charge on any atom is 0.0192 e. The Bertz CT molecular complexity index is 181. The van der Waals surface area contributed by atoms with Crippen LogP contribution in [-0.4, -0.2) is 25.0 Å².